The van der Waals surface area contributed by atoms with Crippen LogP contribution in [0.3, 0.4) is 0 Å². The number of piperidine rings is 1. The highest BCUT2D eigenvalue weighted by Crippen LogP contribution is 2.20. The van der Waals surface area contributed by atoms with Gasteiger partial charge in [-0.15, -0.1) is 0 Å². The molecule has 1 saturated heterocycles. The second kappa shape index (κ2) is 10.4. The molecule has 0 spiro atoms. The van der Waals surface area contributed by atoms with Gasteiger partial charge < -0.3 is 19.9 Å². The van der Waals surface area contributed by atoms with Crippen molar-refractivity contribution in [3.05, 3.63) is 47.1 Å². The summed E-state index contributed by atoms with van der Waals surface area (Å²) in [6, 6.07) is 7.50. The number of benzene rings is 1. The first kappa shape index (κ1) is 22.1. The van der Waals surface area contributed by atoms with Gasteiger partial charge >= 0.3 is 0 Å². The number of halogens is 1. The zero-order valence-electron chi connectivity index (χ0n) is 18.2. The monoisotopic (exact) mass is 417 g/mol. The Balaban J connectivity index is 1.43. The molecule has 2 aromatic rings. The Hall–Kier alpha value is -2.61. The number of guanidine groups is 1. The molecule has 1 fully saturated rings. The first-order chi connectivity index (χ1) is 14.5. The molecule has 30 heavy (non-hydrogen) atoms. The molecule has 1 aliphatic heterocycles. The molecule has 1 aromatic heterocycles. The standard InChI is InChI=1S/C22H32FN5O2/c1-15(2)20-12-18(30-27-20)13-25-22(24-3)26-17-7-9-28(10-8-17)14-16-5-6-21(29-4)19(23)11-16/h5-6,11-12,15,17H,7-10,13-14H2,1-4H3,(H2,24,25,26). The van der Waals surface area contributed by atoms with E-state index in [0.717, 1.165) is 55.5 Å². The summed E-state index contributed by atoms with van der Waals surface area (Å²) in [7, 11) is 3.25. The van der Waals surface area contributed by atoms with E-state index in [9.17, 15) is 4.39 Å². The average molecular weight is 418 g/mol. The maximum Gasteiger partial charge on any atom is 0.191 e. The Labute approximate surface area is 177 Å². The molecule has 1 aromatic carbocycles. The number of likely N-dealkylation sites (tertiary alicyclic amines) is 1. The van der Waals surface area contributed by atoms with E-state index >= 15 is 0 Å². The van der Waals surface area contributed by atoms with Crippen molar-refractivity contribution in [1.82, 2.24) is 20.7 Å². The van der Waals surface area contributed by atoms with Crippen molar-refractivity contribution in [3.8, 4) is 5.75 Å². The number of hydrogen-bond donors (Lipinski definition) is 2. The average Bonchev–Trinajstić information content (AvgIpc) is 3.22. The van der Waals surface area contributed by atoms with Crippen LogP contribution in [0, 0.1) is 5.82 Å². The van der Waals surface area contributed by atoms with Gasteiger partial charge in [-0.2, -0.15) is 0 Å². The summed E-state index contributed by atoms with van der Waals surface area (Å²) in [5, 5.41) is 10.9. The molecule has 2 N–H and O–H groups in total. The lowest BCUT2D eigenvalue weighted by Crippen LogP contribution is -2.48. The van der Waals surface area contributed by atoms with Crippen LogP contribution in [0.4, 0.5) is 4.39 Å². The highest BCUT2D eigenvalue weighted by Gasteiger charge is 2.20. The Morgan fingerprint density at radius 1 is 1.33 bits per heavy atom. The van der Waals surface area contributed by atoms with Gasteiger partial charge in [-0.1, -0.05) is 25.1 Å². The SMILES string of the molecule is CN=C(NCc1cc(C(C)C)no1)NC1CCN(Cc2ccc(OC)c(F)c2)CC1. The van der Waals surface area contributed by atoms with Crippen LogP contribution in [-0.2, 0) is 13.1 Å². The number of aromatic nitrogens is 1. The number of ether oxygens (including phenoxy) is 1. The second-order valence-corrected chi connectivity index (χ2v) is 7.96. The van der Waals surface area contributed by atoms with Crippen LogP contribution in [0.2, 0.25) is 0 Å². The largest absolute Gasteiger partial charge is 0.494 e. The summed E-state index contributed by atoms with van der Waals surface area (Å²) in [4.78, 5) is 6.66. The van der Waals surface area contributed by atoms with Crippen LogP contribution in [0.25, 0.3) is 0 Å². The van der Waals surface area contributed by atoms with Crippen LogP contribution in [0.15, 0.2) is 33.8 Å². The number of rotatable bonds is 7. The molecule has 0 unspecified atom stereocenters. The molecule has 0 atom stereocenters. The molecule has 8 heteroatoms. The summed E-state index contributed by atoms with van der Waals surface area (Å²) >= 11 is 0. The van der Waals surface area contributed by atoms with Crippen LogP contribution in [0.5, 0.6) is 5.75 Å². The van der Waals surface area contributed by atoms with Gasteiger partial charge in [0.15, 0.2) is 23.3 Å². The van der Waals surface area contributed by atoms with E-state index in [0.29, 0.717) is 18.5 Å². The number of nitrogens with one attached hydrogen (secondary N) is 2. The molecule has 164 valence electrons. The summed E-state index contributed by atoms with van der Waals surface area (Å²) in [6.07, 6.45) is 2.00. The van der Waals surface area contributed by atoms with Crippen molar-refractivity contribution in [1.29, 1.82) is 0 Å². The van der Waals surface area contributed by atoms with E-state index in [1.165, 1.54) is 7.11 Å². The predicted molar refractivity (Wildman–Crippen MR) is 115 cm³/mol. The third-order valence-corrected chi connectivity index (χ3v) is 5.37. The molecular weight excluding hydrogens is 385 g/mol. The minimum Gasteiger partial charge on any atom is -0.494 e. The minimum atomic E-state index is -0.311. The van der Waals surface area contributed by atoms with E-state index in [2.05, 4.69) is 39.5 Å². The predicted octanol–water partition coefficient (Wildman–Crippen LogP) is 3.28. The van der Waals surface area contributed by atoms with Gasteiger partial charge in [-0.3, -0.25) is 9.89 Å². The fraction of sp³-hybridized carbons (Fsp3) is 0.545. The molecule has 1 aliphatic rings. The lowest BCUT2D eigenvalue weighted by atomic mass is 10.0. The lowest BCUT2D eigenvalue weighted by molar-refractivity contribution is 0.198. The molecule has 2 heterocycles. The zero-order chi connectivity index (χ0) is 21.5. The van der Waals surface area contributed by atoms with Gasteiger partial charge in [-0.05, 0) is 36.5 Å². The van der Waals surface area contributed by atoms with Gasteiger partial charge in [0.2, 0.25) is 0 Å². The van der Waals surface area contributed by atoms with Gasteiger partial charge in [0.1, 0.15) is 0 Å². The maximum absolute atomic E-state index is 13.9. The Morgan fingerprint density at radius 3 is 2.70 bits per heavy atom. The summed E-state index contributed by atoms with van der Waals surface area (Å²) in [6.45, 7) is 7.36. The van der Waals surface area contributed by atoms with Crippen molar-refractivity contribution in [2.24, 2.45) is 4.99 Å². The smallest absolute Gasteiger partial charge is 0.191 e. The van der Waals surface area contributed by atoms with Gasteiger partial charge in [0, 0.05) is 38.8 Å². The van der Waals surface area contributed by atoms with E-state index in [-0.39, 0.29) is 11.6 Å². The Bertz CT molecular complexity index is 844. The zero-order valence-corrected chi connectivity index (χ0v) is 18.2. The Morgan fingerprint density at radius 2 is 2.10 bits per heavy atom. The molecule has 0 aliphatic carbocycles. The van der Waals surface area contributed by atoms with E-state index in [1.54, 1.807) is 19.2 Å². The highest BCUT2D eigenvalue weighted by molar-refractivity contribution is 5.79. The topological polar surface area (TPSA) is 74.9 Å². The number of methoxy groups -OCH3 is 1. The highest BCUT2D eigenvalue weighted by atomic mass is 19.1. The summed E-state index contributed by atoms with van der Waals surface area (Å²) in [5.74, 6) is 1.87. The number of aliphatic imine (C=N–C) groups is 1. The maximum atomic E-state index is 13.9. The Kier molecular flexibility index (Phi) is 7.68. The van der Waals surface area contributed by atoms with Crippen LogP contribution in [0.1, 0.15) is 49.6 Å². The van der Waals surface area contributed by atoms with Crippen LogP contribution >= 0.6 is 0 Å². The second-order valence-electron chi connectivity index (χ2n) is 7.96. The van der Waals surface area contributed by atoms with Crippen LogP contribution < -0.4 is 15.4 Å². The molecule has 0 bridgehead atoms. The third-order valence-electron chi connectivity index (χ3n) is 5.37. The minimum absolute atomic E-state index is 0.284. The van der Waals surface area contributed by atoms with E-state index in [1.807, 2.05) is 12.1 Å². The molecule has 0 saturated carbocycles. The number of hydrogen-bond acceptors (Lipinski definition) is 5. The van der Waals surface area contributed by atoms with Crippen molar-refractivity contribution in [2.45, 2.75) is 51.7 Å². The molecule has 0 radical (unpaired) electrons. The summed E-state index contributed by atoms with van der Waals surface area (Å²) in [5.41, 5.74) is 1.92. The van der Waals surface area contributed by atoms with Crippen molar-refractivity contribution < 1.29 is 13.7 Å². The van der Waals surface area contributed by atoms with Gasteiger partial charge in [0.05, 0.1) is 19.3 Å². The number of nitrogens with zero attached hydrogens (tertiary/aromatic N) is 3. The van der Waals surface area contributed by atoms with Gasteiger partial charge in [0.25, 0.3) is 0 Å². The lowest BCUT2D eigenvalue weighted by Gasteiger charge is -2.33. The summed E-state index contributed by atoms with van der Waals surface area (Å²) < 4.78 is 24.3. The fourth-order valence-corrected chi connectivity index (χ4v) is 3.55. The molecular formula is C22H32FN5O2. The van der Waals surface area contributed by atoms with Crippen molar-refractivity contribution >= 4 is 5.96 Å². The molecule has 0 amide bonds. The van der Waals surface area contributed by atoms with Crippen LogP contribution in [-0.4, -0.2) is 49.3 Å². The normalized spacial score (nSPS) is 16.1. The fourth-order valence-electron chi connectivity index (χ4n) is 3.55. The van der Waals surface area contributed by atoms with Crippen molar-refractivity contribution in [3.63, 3.8) is 0 Å². The quantitative estimate of drug-likeness (QED) is 0.532. The van der Waals surface area contributed by atoms with E-state index < -0.39 is 0 Å². The first-order valence-corrected chi connectivity index (χ1v) is 10.5. The van der Waals surface area contributed by atoms with Gasteiger partial charge in [-0.25, -0.2) is 4.39 Å². The molecule has 7 nitrogen and oxygen atoms in total. The van der Waals surface area contributed by atoms with E-state index in [4.69, 9.17) is 9.26 Å². The first-order valence-electron chi connectivity index (χ1n) is 10.5. The van der Waals surface area contributed by atoms with Crippen molar-refractivity contribution in [2.75, 3.05) is 27.2 Å². The molecule has 3 rings (SSSR count). The third kappa shape index (κ3) is 5.95.